The number of rotatable bonds is 3. The molecule has 3 nitrogen and oxygen atoms in total. The number of hydrogen-bond acceptors (Lipinski definition) is 4. The van der Waals surface area contributed by atoms with E-state index in [1.165, 1.54) is 0 Å². The Kier molecular flexibility index (Phi) is 2.65. The van der Waals surface area contributed by atoms with Gasteiger partial charge in [-0.25, -0.2) is 4.98 Å². The minimum Gasteiger partial charge on any atom is -0.465 e. The molecule has 1 atom stereocenters. The minimum absolute atomic E-state index is 0.0881. The number of nitrogens with two attached hydrogens (primary N) is 1. The van der Waals surface area contributed by atoms with Crippen LogP contribution in [0.25, 0.3) is 0 Å². The normalized spacial score (nSPS) is 13.0. The van der Waals surface area contributed by atoms with Crippen LogP contribution in [0.15, 0.2) is 28.1 Å². The summed E-state index contributed by atoms with van der Waals surface area (Å²) in [6.45, 7) is 1.92. The first-order valence-electron chi connectivity index (χ1n) is 4.46. The van der Waals surface area contributed by atoms with Crippen LogP contribution in [0.1, 0.15) is 22.6 Å². The molecule has 0 radical (unpaired) electrons. The average Bonchev–Trinajstić information content (AvgIpc) is 2.75. The number of hydrogen-bond donors (Lipinski definition) is 1. The Morgan fingerprint density at radius 1 is 1.57 bits per heavy atom. The van der Waals surface area contributed by atoms with Gasteiger partial charge in [-0.3, -0.25) is 0 Å². The van der Waals surface area contributed by atoms with Crippen LogP contribution in [0, 0.1) is 6.92 Å². The molecule has 0 aliphatic rings. The van der Waals surface area contributed by atoms with Gasteiger partial charge in [-0.05, 0) is 19.1 Å². The van der Waals surface area contributed by atoms with Gasteiger partial charge in [-0.2, -0.15) is 0 Å². The molecule has 2 aromatic heterocycles. The van der Waals surface area contributed by atoms with Crippen LogP contribution >= 0.6 is 11.3 Å². The second-order valence-corrected chi connectivity index (χ2v) is 4.16. The molecule has 0 saturated heterocycles. The lowest BCUT2D eigenvalue weighted by Gasteiger charge is -2.05. The van der Waals surface area contributed by atoms with Crippen molar-refractivity contribution in [3.8, 4) is 0 Å². The number of thiazole rings is 1. The first-order valence-corrected chi connectivity index (χ1v) is 5.34. The van der Waals surface area contributed by atoms with E-state index in [0.29, 0.717) is 0 Å². The van der Waals surface area contributed by atoms with Gasteiger partial charge in [-0.15, -0.1) is 11.3 Å². The molecule has 0 fully saturated rings. The second kappa shape index (κ2) is 3.94. The van der Waals surface area contributed by atoms with Crippen molar-refractivity contribution in [3.63, 3.8) is 0 Å². The largest absolute Gasteiger partial charge is 0.465 e. The van der Waals surface area contributed by atoms with E-state index in [4.69, 9.17) is 10.2 Å². The number of aromatic nitrogens is 1. The fraction of sp³-hybridized carbons (Fsp3) is 0.300. The van der Waals surface area contributed by atoms with Crippen molar-refractivity contribution in [3.05, 3.63) is 40.2 Å². The Morgan fingerprint density at radius 3 is 3.00 bits per heavy atom. The summed E-state index contributed by atoms with van der Waals surface area (Å²) < 4.78 is 5.45. The zero-order valence-electron chi connectivity index (χ0n) is 7.93. The van der Waals surface area contributed by atoms with Crippen LogP contribution in [-0.2, 0) is 6.42 Å². The van der Waals surface area contributed by atoms with Crippen molar-refractivity contribution in [1.29, 1.82) is 0 Å². The Balaban J connectivity index is 2.06. The van der Waals surface area contributed by atoms with E-state index in [-0.39, 0.29) is 6.04 Å². The summed E-state index contributed by atoms with van der Waals surface area (Å²) in [5.41, 5.74) is 5.97. The molecular formula is C10H12N2OS. The summed E-state index contributed by atoms with van der Waals surface area (Å²) in [5, 5.41) is 3.00. The van der Waals surface area contributed by atoms with Crippen molar-refractivity contribution in [2.75, 3.05) is 0 Å². The van der Waals surface area contributed by atoms with Gasteiger partial charge in [0.15, 0.2) is 0 Å². The average molecular weight is 208 g/mol. The molecule has 0 bridgehead atoms. The highest BCUT2D eigenvalue weighted by Gasteiger charge is 2.11. The molecular weight excluding hydrogens is 196 g/mol. The van der Waals surface area contributed by atoms with E-state index >= 15 is 0 Å². The van der Waals surface area contributed by atoms with Crippen molar-refractivity contribution >= 4 is 11.3 Å². The van der Waals surface area contributed by atoms with E-state index in [1.54, 1.807) is 17.5 Å². The molecule has 2 rings (SSSR count). The summed E-state index contributed by atoms with van der Waals surface area (Å²) in [7, 11) is 0. The zero-order chi connectivity index (χ0) is 9.97. The topological polar surface area (TPSA) is 52.0 Å². The second-order valence-electron chi connectivity index (χ2n) is 3.18. The first-order chi connectivity index (χ1) is 6.75. The van der Waals surface area contributed by atoms with E-state index in [2.05, 4.69) is 4.98 Å². The zero-order valence-corrected chi connectivity index (χ0v) is 8.75. The lowest BCUT2D eigenvalue weighted by atomic mass is 10.2. The molecule has 0 aliphatic carbocycles. The SMILES string of the molecule is Cc1ccc(C(N)Cc2nccs2)o1. The standard InChI is InChI=1S/C10H12N2OS/c1-7-2-3-9(13-7)8(11)6-10-12-4-5-14-10/h2-5,8H,6,11H2,1H3. The van der Waals surface area contributed by atoms with Crippen LogP contribution in [0.5, 0.6) is 0 Å². The smallest absolute Gasteiger partial charge is 0.121 e. The Labute approximate surface area is 86.6 Å². The fourth-order valence-corrected chi connectivity index (χ4v) is 1.97. The lowest BCUT2D eigenvalue weighted by Crippen LogP contribution is -2.12. The maximum atomic E-state index is 5.97. The molecule has 1 unspecified atom stereocenters. The monoisotopic (exact) mass is 208 g/mol. The number of furan rings is 1. The van der Waals surface area contributed by atoms with Gasteiger partial charge in [0.2, 0.25) is 0 Å². The molecule has 2 N–H and O–H groups in total. The molecule has 14 heavy (non-hydrogen) atoms. The minimum atomic E-state index is -0.0881. The van der Waals surface area contributed by atoms with Crippen molar-refractivity contribution < 1.29 is 4.42 Å². The van der Waals surface area contributed by atoms with E-state index in [1.807, 2.05) is 24.4 Å². The predicted molar refractivity (Wildman–Crippen MR) is 56.2 cm³/mol. The van der Waals surface area contributed by atoms with Crippen LogP contribution < -0.4 is 5.73 Å². The van der Waals surface area contributed by atoms with Crippen molar-refractivity contribution in [1.82, 2.24) is 4.98 Å². The molecule has 0 aliphatic heterocycles. The molecule has 2 aromatic rings. The van der Waals surface area contributed by atoms with Crippen LogP contribution in [0.4, 0.5) is 0 Å². The van der Waals surface area contributed by atoms with Crippen LogP contribution in [0.3, 0.4) is 0 Å². The summed E-state index contributed by atoms with van der Waals surface area (Å²) in [4.78, 5) is 4.19. The van der Waals surface area contributed by atoms with Crippen LogP contribution in [0.2, 0.25) is 0 Å². The first kappa shape index (κ1) is 9.43. The van der Waals surface area contributed by atoms with Gasteiger partial charge in [0.1, 0.15) is 11.5 Å². The summed E-state index contributed by atoms with van der Waals surface area (Å²) >= 11 is 1.62. The van der Waals surface area contributed by atoms with Crippen molar-refractivity contribution in [2.45, 2.75) is 19.4 Å². The summed E-state index contributed by atoms with van der Waals surface area (Å²) in [5.74, 6) is 1.73. The summed E-state index contributed by atoms with van der Waals surface area (Å²) in [6.07, 6.45) is 2.53. The van der Waals surface area contributed by atoms with E-state index in [0.717, 1.165) is 22.9 Å². The predicted octanol–water partition coefficient (Wildman–Crippen LogP) is 2.29. The van der Waals surface area contributed by atoms with Gasteiger partial charge < -0.3 is 10.2 Å². The lowest BCUT2D eigenvalue weighted by molar-refractivity contribution is 0.444. The molecule has 0 saturated carbocycles. The van der Waals surface area contributed by atoms with Gasteiger partial charge in [0, 0.05) is 18.0 Å². The number of aryl methyl sites for hydroxylation is 1. The molecule has 2 heterocycles. The van der Waals surface area contributed by atoms with E-state index < -0.39 is 0 Å². The molecule has 0 amide bonds. The van der Waals surface area contributed by atoms with Gasteiger partial charge in [0.25, 0.3) is 0 Å². The van der Waals surface area contributed by atoms with Crippen molar-refractivity contribution in [2.24, 2.45) is 5.73 Å². The van der Waals surface area contributed by atoms with Gasteiger partial charge in [-0.1, -0.05) is 0 Å². The van der Waals surface area contributed by atoms with E-state index in [9.17, 15) is 0 Å². The Morgan fingerprint density at radius 2 is 2.43 bits per heavy atom. The highest BCUT2D eigenvalue weighted by atomic mass is 32.1. The van der Waals surface area contributed by atoms with Gasteiger partial charge in [0.05, 0.1) is 11.0 Å². The highest BCUT2D eigenvalue weighted by molar-refractivity contribution is 7.09. The Bertz CT molecular complexity index is 394. The maximum Gasteiger partial charge on any atom is 0.121 e. The van der Waals surface area contributed by atoms with Gasteiger partial charge >= 0.3 is 0 Å². The third-order valence-corrected chi connectivity index (χ3v) is 2.81. The molecule has 74 valence electrons. The maximum absolute atomic E-state index is 5.97. The molecule has 4 heteroatoms. The Hall–Kier alpha value is -1.13. The quantitative estimate of drug-likeness (QED) is 0.842. The van der Waals surface area contributed by atoms with Crippen LogP contribution in [-0.4, -0.2) is 4.98 Å². The summed E-state index contributed by atoms with van der Waals surface area (Å²) in [6, 6.07) is 3.76. The fourth-order valence-electron chi connectivity index (χ4n) is 1.30. The number of nitrogens with zero attached hydrogens (tertiary/aromatic N) is 1. The highest BCUT2D eigenvalue weighted by Crippen LogP contribution is 2.19. The third kappa shape index (κ3) is 2.02. The molecule has 0 aromatic carbocycles. The molecule has 0 spiro atoms. The third-order valence-electron chi connectivity index (χ3n) is 2.00.